The molecule has 2 aromatic rings. The molecule has 1 aromatic heterocycles. The van der Waals surface area contributed by atoms with Crippen molar-refractivity contribution in [1.29, 1.82) is 0 Å². The Labute approximate surface area is 137 Å². The van der Waals surface area contributed by atoms with Crippen LogP contribution >= 0.6 is 0 Å². The topological polar surface area (TPSA) is 117 Å². The molecule has 0 radical (unpaired) electrons. The van der Waals surface area contributed by atoms with E-state index in [9.17, 15) is 20.2 Å². The van der Waals surface area contributed by atoms with Gasteiger partial charge in [0, 0.05) is 24.6 Å². The summed E-state index contributed by atoms with van der Waals surface area (Å²) in [7, 11) is 0. The number of nitrogens with zero attached hydrogens (tertiary/aromatic N) is 2. The second kappa shape index (κ2) is 7.10. The Hall–Kier alpha value is -2.26. The van der Waals surface area contributed by atoms with Crippen LogP contribution in [0.1, 0.15) is 23.8 Å². The van der Waals surface area contributed by atoms with Crippen molar-refractivity contribution in [3.8, 4) is 0 Å². The second-order valence-corrected chi connectivity index (χ2v) is 5.69. The van der Waals surface area contributed by atoms with Gasteiger partial charge in [-0.3, -0.25) is 15.3 Å². The third-order valence-corrected chi connectivity index (χ3v) is 4.07. The molecule has 3 rings (SSSR count). The van der Waals surface area contributed by atoms with Gasteiger partial charge in [-0.2, -0.15) is 4.98 Å². The Bertz CT molecular complexity index is 749. The van der Waals surface area contributed by atoms with E-state index in [-0.39, 0.29) is 18.8 Å². The molecule has 1 aromatic carbocycles. The third-order valence-electron chi connectivity index (χ3n) is 4.07. The Morgan fingerprint density at radius 3 is 2.71 bits per heavy atom. The molecule has 24 heavy (non-hydrogen) atoms. The van der Waals surface area contributed by atoms with Gasteiger partial charge in [-0.1, -0.05) is 30.3 Å². The number of ether oxygens (including phenoxy) is 1. The molecule has 1 aliphatic heterocycles. The van der Waals surface area contributed by atoms with E-state index in [2.05, 4.69) is 4.98 Å². The Balaban J connectivity index is 1.93. The van der Waals surface area contributed by atoms with Crippen molar-refractivity contribution in [2.24, 2.45) is 0 Å². The van der Waals surface area contributed by atoms with Crippen molar-refractivity contribution < 1.29 is 20.2 Å². The number of rotatable bonds is 5. The van der Waals surface area contributed by atoms with E-state index in [1.165, 1.54) is 4.57 Å². The Morgan fingerprint density at radius 1 is 1.33 bits per heavy atom. The van der Waals surface area contributed by atoms with E-state index < -0.39 is 24.1 Å². The van der Waals surface area contributed by atoms with Crippen LogP contribution in [0.4, 0.5) is 5.82 Å². The summed E-state index contributed by atoms with van der Waals surface area (Å²) >= 11 is 0. The summed E-state index contributed by atoms with van der Waals surface area (Å²) in [6.45, 7) is -0.326. The molecule has 0 saturated carbocycles. The van der Waals surface area contributed by atoms with E-state index >= 15 is 0 Å². The van der Waals surface area contributed by atoms with E-state index in [0.717, 1.165) is 5.56 Å². The molecule has 0 aliphatic carbocycles. The number of nitrogens with one attached hydrogen (secondary N) is 1. The van der Waals surface area contributed by atoms with Crippen molar-refractivity contribution >= 4 is 5.82 Å². The monoisotopic (exact) mass is 333 g/mol. The number of hydrogen-bond donors (Lipinski definition) is 4. The maximum Gasteiger partial charge on any atom is 0.351 e. The zero-order chi connectivity index (χ0) is 17.1. The van der Waals surface area contributed by atoms with Gasteiger partial charge in [0.2, 0.25) is 0 Å². The molecule has 1 saturated heterocycles. The number of anilines is 1. The van der Waals surface area contributed by atoms with Crippen LogP contribution < -0.4 is 11.2 Å². The molecule has 0 amide bonds. The fourth-order valence-electron chi connectivity index (χ4n) is 2.81. The van der Waals surface area contributed by atoms with Gasteiger partial charge in [0.25, 0.3) is 0 Å². The average molecular weight is 333 g/mol. The van der Waals surface area contributed by atoms with E-state index in [1.54, 1.807) is 6.20 Å². The average Bonchev–Trinajstić information content (AvgIpc) is 2.97. The maximum atomic E-state index is 12.2. The van der Waals surface area contributed by atoms with Crippen molar-refractivity contribution in [2.45, 2.75) is 31.3 Å². The summed E-state index contributed by atoms with van der Waals surface area (Å²) in [6, 6.07) is 9.54. The van der Waals surface area contributed by atoms with Crippen LogP contribution in [0, 0.1) is 0 Å². The molecule has 2 heterocycles. The lowest BCUT2D eigenvalue weighted by molar-refractivity contribution is -0.0459. The summed E-state index contributed by atoms with van der Waals surface area (Å²) in [6.07, 6.45) is -0.0910. The predicted molar refractivity (Wildman–Crippen MR) is 84.8 cm³/mol. The Kier molecular flexibility index (Phi) is 4.91. The first-order valence-corrected chi connectivity index (χ1v) is 7.63. The maximum absolute atomic E-state index is 12.2. The summed E-state index contributed by atoms with van der Waals surface area (Å²) in [4.78, 5) is 16.0. The molecular formula is C16H19N3O5. The van der Waals surface area contributed by atoms with Crippen LogP contribution in [0.3, 0.4) is 0 Å². The highest BCUT2D eigenvalue weighted by Gasteiger charge is 2.35. The van der Waals surface area contributed by atoms with Crippen LogP contribution in [0.2, 0.25) is 0 Å². The van der Waals surface area contributed by atoms with Gasteiger partial charge < -0.3 is 14.9 Å². The third kappa shape index (κ3) is 3.31. The zero-order valence-electron chi connectivity index (χ0n) is 12.9. The van der Waals surface area contributed by atoms with Gasteiger partial charge in [-0.25, -0.2) is 4.79 Å². The van der Waals surface area contributed by atoms with Crippen LogP contribution in [0.5, 0.6) is 0 Å². The number of benzene rings is 1. The van der Waals surface area contributed by atoms with Gasteiger partial charge in [-0.05, 0) is 5.56 Å². The molecule has 128 valence electrons. The minimum Gasteiger partial charge on any atom is -0.394 e. The summed E-state index contributed by atoms with van der Waals surface area (Å²) in [5.41, 5.74) is 2.93. The summed E-state index contributed by atoms with van der Waals surface area (Å²) in [5, 5.41) is 28.2. The number of aliphatic hydroxyl groups excluding tert-OH is 2. The van der Waals surface area contributed by atoms with Crippen LogP contribution in [0.15, 0.2) is 41.3 Å². The van der Waals surface area contributed by atoms with Gasteiger partial charge >= 0.3 is 5.69 Å². The minimum atomic E-state index is -0.847. The number of aliphatic hydroxyl groups is 2. The van der Waals surface area contributed by atoms with Crippen LogP contribution in [-0.4, -0.2) is 43.8 Å². The smallest absolute Gasteiger partial charge is 0.351 e. The fraction of sp³-hybridized carbons (Fsp3) is 0.375. The van der Waals surface area contributed by atoms with Gasteiger partial charge in [-0.15, -0.1) is 0 Å². The lowest BCUT2D eigenvalue weighted by Crippen LogP contribution is -2.29. The first kappa shape index (κ1) is 16.6. The highest BCUT2D eigenvalue weighted by Crippen LogP contribution is 2.28. The quantitative estimate of drug-likeness (QED) is 0.581. The predicted octanol–water partition coefficient (Wildman–Crippen LogP) is 0.276. The first-order valence-electron chi connectivity index (χ1n) is 7.63. The summed E-state index contributed by atoms with van der Waals surface area (Å²) in [5.74, 6) is 0.0809. The fourth-order valence-corrected chi connectivity index (χ4v) is 2.81. The van der Waals surface area contributed by atoms with Crippen molar-refractivity contribution in [3.05, 3.63) is 58.1 Å². The SMILES string of the molecule is O=c1nc(NO)c(Cc2ccccc2)cn1[C@H]1C[C@H](O)[C@@H](CO)O1. The molecular weight excluding hydrogens is 314 g/mol. The van der Waals surface area contributed by atoms with E-state index in [1.807, 2.05) is 35.8 Å². The highest BCUT2D eigenvalue weighted by atomic mass is 16.5. The van der Waals surface area contributed by atoms with Crippen molar-refractivity contribution in [3.63, 3.8) is 0 Å². The van der Waals surface area contributed by atoms with Crippen LogP contribution in [-0.2, 0) is 11.2 Å². The van der Waals surface area contributed by atoms with Gasteiger partial charge in [0.15, 0.2) is 5.82 Å². The van der Waals surface area contributed by atoms with Gasteiger partial charge in [0.1, 0.15) is 12.3 Å². The lowest BCUT2D eigenvalue weighted by Gasteiger charge is -2.17. The standard InChI is InChI=1S/C16H19N3O5/c20-9-13-12(21)7-14(24-13)19-8-11(15(18-23)17-16(19)22)6-10-4-2-1-3-5-10/h1-5,8,12-14,20-21,23H,6-7,9H2,(H,17,18,22)/t12-,13+,14+/m0/s1. The number of aromatic nitrogens is 2. The first-order chi connectivity index (χ1) is 11.6. The molecule has 1 fully saturated rings. The minimum absolute atomic E-state index is 0.0809. The normalized spacial score (nSPS) is 23.4. The lowest BCUT2D eigenvalue weighted by atomic mass is 10.1. The van der Waals surface area contributed by atoms with E-state index in [0.29, 0.717) is 12.0 Å². The van der Waals surface area contributed by atoms with Gasteiger partial charge in [0.05, 0.1) is 12.7 Å². The molecule has 3 atom stereocenters. The molecule has 4 N–H and O–H groups in total. The Morgan fingerprint density at radius 2 is 2.08 bits per heavy atom. The zero-order valence-corrected chi connectivity index (χ0v) is 12.9. The second-order valence-electron chi connectivity index (χ2n) is 5.69. The summed E-state index contributed by atoms with van der Waals surface area (Å²) < 4.78 is 6.78. The number of hydrogen-bond acceptors (Lipinski definition) is 7. The molecule has 1 aliphatic rings. The largest absolute Gasteiger partial charge is 0.394 e. The van der Waals surface area contributed by atoms with Crippen molar-refractivity contribution in [1.82, 2.24) is 9.55 Å². The molecule has 0 spiro atoms. The highest BCUT2D eigenvalue weighted by molar-refractivity contribution is 5.43. The molecule has 0 bridgehead atoms. The van der Waals surface area contributed by atoms with Crippen LogP contribution in [0.25, 0.3) is 0 Å². The molecule has 8 heteroatoms. The van der Waals surface area contributed by atoms with E-state index in [4.69, 9.17) is 4.74 Å². The van der Waals surface area contributed by atoms with Crippen molar-refractivity contribution in [2.75, 3.05) is 12.1 Å². The molecule has 0 unspecified atom stereocenters. The molecule has 8 nitrogen and oxygen atoms in total.